The summed E-state index contributed by atoms with van der Waals surface area (Å²) in [6, 6.07) is 12.9. The van der Waals surface area contributed by atoms with Crippen LogP contribution in [0.3, 0.4) is 0 Å². The number of benzene rings is 1. The molecule has 1 aromatic carbocycles. The number of imidazole rings is 1. The molecule has 1 saturated carbocycles. The van der Waals surface area contributed by atoms with Gasteiger partial charge in [0.1, 0.15) is 23.1 Å². The number of pyridine rings is 1. The van der Waals surface area contributed by atoms with Crippen molar-refractivity contribution in [2.45, 2.75) is 31.8 Å². The Hall–Kier alpha value is -4.93. The lowest BCUT2D eigenvalue weighted by Crippen LogP contribution is -2.45. The second-order valence-electron chi connectivity index (χ2n) is 9.48. The molecule has 11 nitrogen and oxygen atoms in total. The molecule has 0 aliphatic heterocycles. The number of furan rings is 1. The van der Waals surface area contributed by atoms with E-state index in [0.717, 1.165) is 24.0 Å². The van der Waals surface area contributed by atoms with Crippen LogP contribution < -0.4 is 16.0 Å². The van der Waals surface area contributed by atoms with Gasteiger partial charge in [-0.15, -0.1) is 0 Å². The van der Waals surface area contributed by atoms with E-state index >= 15 is 0 Å². The largest absolute Gasteiger partial charge is 0.478 e. The number of rotatable bonds is 10. The average molecular weight is 530 g/mol. The van der Waals surface area contributed by atoms with E-state index in [4.69, 9.17) is 9.52 Å². The summed E-state index contributed by atoms with van der Waals surface area (Å²) in [5.74, 6) is -1.13. The van der Waals surface area contributed by atoms with Crippen molar-refractivity contribution in [3.8, 4) is 11.3 Å². The second-order valence-corrected chi connectivity index (χ2v) is 9.48. The minimum atomic E-state index is -1.07. The summed E-state index contributed by atoms with van der Waals surface area (Å²) in [6.07, 6.45) is 5.61. The Balaban J connectivity index is 1.22. The number of likely N-dealkylation sites (N-methyl/N-ethyl adjacent to an activating group) is 1. The monoisotopic (exact) mass is 529 g/mol. The molecular formula is C28H27N5O6. The predicted octanol–water partition coefficient (Wildman–Crippen LogP) is 2.87. The molecule has 0 spiro atoms. The van der Waals surface area contributed by atoms with Gasteiger partial charge in [-0.2, -0.15) is 0 Å². The fraction of sp³-hybridized carbons (Fsp3) is 0.250. The highest BCUT2D eigenvalue weighted by Gasteiger charge is 2.30. The number of fused-ring (bicyclic) bond motifs is 1. The molecule has 1 unspecified atom stereocenters. The van der Waals surface area contributed by atoms with Crippen molar-refractivity contribution in [1.82, 2.24) is 25.3 Å². The fourth-order valence-corrected chi connectivity index (χ4v) is 4.27. The summed E-state index contributed by atoms with van der Waals surface area (Å²) >= 11 is 0. The number of amides is 3. The summed E-state index contributed by atoms with van der Waals surface area (Å²) in [5, 5.41) is 17.3. The Morgan fingerprint density at radius 3 is 2.64 bits per heavy atom. The minimum Gasteiger partial charge on any atom is -0.478 e. The number of nitrogens with zero attached hydrogens (tertiary/aromatic N) is 2. The van der Waals surface area contributed by atoms with Crippen molar-refractivity contribution in [1.29, 1.82) is 0 Å². The first-order valence-electron chi connectivity index (χ1n) is 12.5. The van der Waals surface area contributed by atoms with Crippen molar-refractivity contribution >= 4 is 29.3 Å². The third kappa shape index (κ3) is 5.98. The molecule has 3 aromatic heterocycles. The Labute approximate surface area is 223 Å². The van der Waals surface area contributed by atoms with Gasteiger partial charge in [-0.05, 0) is 48.2 Å². The molecule has 39 heavy (non-hydrogen) atoms. The number of hydrogen-bond acceptors (Lipinski definition) is 6. The lowest BCUT2D eigenvalue weighted by Gasteiger charge is -2.16. The van der Waals surface area contributed by atoms with Gasteiger partial charge in [-0.3, -0.25) is 14.4 Å². The maximum absolute atomic E-state index is 12.7. The molecule has 3 amide bonds. The third-order valence-electron chi connectivity index (χ3n) is 6.56. The molecule has 0 bridgehead atoms. The summed E-state index contributed by atoms with van der Waals surface area (Å²) in [6.45, 7) is 0.212. The average Bonchev–Trinajstić information content (AvgIpc) is 3.44. The van der Waals surface area contributed by atoms with Gasteiger partial charge in [0.05, 0.1) is 5.56 Å². The zero-order valence-corrected chi connectivity index (χ0v) is 21.1. The number of hydrogen-bond donors (Lipinski definition) is 4. The van der Waals surface area contributed by atoms with Crippen LogP contribution in [0, 0.1) is 5.92 Å². The summed E-state index contributed by atoms with van der Waals surface area (Å²) in [7, 11) is 1.54. The van der Waals surface area contributed by atoms with E-state index < -0.39 is 23.8 Å². The number of carboxylic acids is 1. The van der Waals surface area contributed by atoms with Crippen LogP contribution in [0.15, 0.2) is 65.3 Å². The first-order chi connectivity index (χ1) is 18.8. The number of aromatic nitrogens is 2. The second kappa shape index (κ2) is 10.8. The van der Waals surface area contributed by atoms with Gasteiger partial charge in [-0.25, -0.2) is 9.78 Å². The molecule has 1 fully saturated rings. The van der Waals surface area contributed by atoms with Gasteiger partial charge in [0.15, 0.2) is 5.76 Å². The van der Waals surface area contributed by atoms with Crippen molar-refractivity contribution in [2.24, 2.45) is 5.92 Å². The lowest BCUT2D eigenvalue weighted by molar-refractivity contribution is -0.122. The fourth-order valence-electron chi connectivity index (χ4n) is 4.27. The smallest absolute Gasteiger partial charge is 0.337 e. The quantitative estimate of drug-likeness (QED) is 0.246. The normalized spacial score (nSPS) is 13.6. The molecule has 1 atom stereocenters. The van der Waals surface area contributed by atoms with Gasteiger partial charge >= 0.3 is 5.97 Å². The molecule has 3 heterocycles. The molecule has 1 aliphatic carbocycles. The summed E-state index contributed by atoms with van der Waals surface area (Å²) < 4.78 is 7.28. The number of carbonyl (C=O) groups excluding carboxylic acids is 3. The van der Waals surface area contributed by atoms with E-state index in [1.54, 1.807) is 19.2 Å². The topological polar surface area (TPSA) is 155 Å². The van der Waals surface area contributed by atoms with Crippen LogP contribution in [0.4, 0.5) is 0 Å². The number of carbonyl (C=O) groups is 4. The molecule has 0 saturated heterocycles. The maximum Gasteiger partial charge on any atom is 0.337 e. The Morgan fingerprint density at radius 2 is 1.90 bits per heavy atom. The van der Waals surface area contributed by atoms with Crippen LogP contribution in [-0.2, 0) is 11.3 Å². The molecule has 0 radical (unpaired) electrons. The summed E-state index contributed by atoms with van der Waals surface area (Å²) in [4.78, 5) is 53.0. The zero-order chi connectivity index (χ0) is 27.5. The standard InChI is InChI=1S/C28H27N5O6/c1-29-25(34)20(12-16-5-6-16)32-27(36)23-9-8-22(39-23)18-4-2-3-17(11-18)13-30-26(35)21-15-33-14-19(28(37)38)7-10-24(33)31-21/h2-4,7-11,14-16,20H,5-6,12-13H2,1H3,(H,29,34)(H,30,35)(H,32,36)(H,37,38). The van der Waals surface area contributed by atoms with E-state index in [9.17, 15) is 19.2 Å². The van der Waals surface area contributed by atoms with Crippen LogP contribution >= 0.6 is 0 Å². The highest BCUT2D eigenvalue weighted by atomic mass is 16.4. The highest BCUT2D eigenvalue weighted by Crippen LogP contribution is 2.33. The van der Waals surface area contributed by atoms with Gasteiger partial charge in [0.2, 0.25) is 5.91 Å². The minimum absolute atomic E-state index is 0.0896. The zero-order valence-electron chi connectivity index (χ0n) is 21.1. The molecule has 11 heteroatoms. The van der Waals surface area contributed by atoms with Crippen LogP contribution in [0.1, 0.15) is 56.2 Å². The molecule has 4 N–H and O–H groups in total. The van der Waals surface area contributed by atoms with Gasteiger partial charge < -0.3 is 29.9 Å². The van der Waals surface area contributed by atoms with Crippen molar-refractivity contribution in [3.63, 3.8) is 0 Å². The first-order valence-corrected chi connectivity index (χ1v) is 12.5. The first kappa shape index (κ1) is 25.7. The Morgan fingerprint density at radius 1 is 1.08 bits per heavy atom. The number of nitrogens with one attached hydrogen (secondary N) is 3. The Kier molecular flexibility index (Phi) is 7.13. The molecule has 200 valence electrons. The lowest BCUT2D eigenvalue weighted by atomic mass is 10.1. The van der Waals surface area contributed by atoms with Crippen LogP contribution in [0.2, 0.25) is 0 Å². The third-order valence-corrected chi connectivity index (χ3v) is 6.56. The van der Waals surface area contributed by atoms with E-state index in [-0.39, 0.29) is 29.5 Å². The van der Waals surface area contributed by atoms with Crippen LogP contribution in [-0.4, -0.2) is 51.3 Å². The van der Waals surface area contributed by atoms with E-state index in [1.165, 1.54) is 28.9 Å². The van der Waals surface area contributed by atoms with E-state index in [2.05, 4.69) is 20.9 Å². The molecule has 5 rings (SSSR count). The van der Waals surface area contributed by atoms with Gasteiger partial charge in [0, 0.05) is 31.5 Å². The van der Waals surface area contributed by atoms with E-state index in [1.807, 2.05) is 24.3 Å². The number of aromatic carboxylic acids is 1. The summed E-state index contributed by atoms with van der Waals surface area (Å²) in [5.41, 5.74) is 2.22. The van der Waals surface area contributed by atoms with Crippen molar-refractivity contribution in [3.05, 3.63) is 83.5 Å². The van der Waals surface area contributed by atoms with E-state index in [0.29, 0.717) is 23.7 Å². The van der Waals surface area contributed by atoms with Gasteiger partial charge in [0.25, 0.3) is 11.8 Å². The highest BCUT2D eigenvalue weighted by molar-refractivity contribution is 5.96. The van der Waals surface area contributed by atoms with Crippen molar-refractivity contribution in [2.75, 3.05) is 7.05 Å². The molecular weight excluding hydrogens is 502 g/mol. The van der Waals surface area contributed by atoms with Crippen LogP contribution in [0.5, 0.6) is 0 Å². The maximum atomic E-state index is 12.7. The van der Waals surface area contributed by atoms with Crippen molar-refractivity contribution < 1.29 is 28.7 Å². The number of carboxylic acid groups (broad SMARTS) is 1. The van der Waals surface area contributed by atoms with Gasteiger partial charge in [-0.1, -0.05) is 31.0 Å². The Bertz CT molecular complexity index is 1570. The molecule has 1 aliphatic rings. The molecule has 4 aromatic rings. The van der Waals surface area contributed by atoms with Crippen LogP contribution in [0.25, 0.3) is 17.0 Å². The predicted molar refractivity (Wildman–Crippen MR) is 140 cm³/mol. The SMILES string of the molecule is CNC(=O)C(CC1CC1)NC(=O)c1ccc(-c2cccc(CNC(=O)c3cn4cc(C(=O)O)ccc4n3)c2)o1.